The lowest BCUT2D eigenvalue weighted by Gasteiger charge is -2.32. The Hall–Kier alpha value is -1.77. The third-order valence-electron chi connectivity index (χ3n) is 4.23. The molecule has 3 heterocycles. The van der Waals surface area contributed by atoms with Crippen LogP contribution in [-0.2, 0) is 17.5 Å². The summed E-state index contributed by atoms with van der Waals surface area (Å²) in [5, 5.41) is 3.87. The molecule has 0 saturated carbocycles. The van der Waals surface area contributed by atoms with Gasteiger partial charge in [0.1, 0.15) is 5.76 Å². The second kappa shape index (κ2) is 8.55. The molecule has 0 bridgehead atoms. The van der Waals surface area contributed by atoms with E-state index in [0.717, 1.165) is 37.2 Å². The van der Waals surface area contributed by atoms with E-state index in [1.165, 1.54) is 0 Å². The first-order valence-corrected chi connectivity index (χ1v) is 9.41. The maximum Gasteiger partial charge on any atom is 0.287 e. The fourth-order valence-electron chi connectivity index (χ4n) is 2.68. The largest absolute Gasteiger partial charge is 0.455 e. The highest BCUT2D eigenvalue weighted by Gasteiger charge is 2.19. The lowest BCUT2D eigenvalue weighted by Crippen LogP contribution is -2.47. The molecule has 8 heteroatoms. The van der Waals surface area contributed by atoms with E-state index >= 15 is 0 Å². The number of thioether (sulfide) groups is 1. The predicted octanol–water partition coefficient (Wildman–Crippen LogP) is 1.76. The molecule has 1 atom stereocenters. The highest BCUT2D eigenvalue weighted by Crippen LogP contribution is 2.21. The first-order valence-electron chi connectivity index (χ1n) is 8.42. The van der Waals surface area contributed by atoms with E-state index in [2.05, 4.69) is 22.1 Å². The van der Waals surface area contributed by atoms with Crippen molar-refractivity contribution < 1.29 is 13.9 Å². The molecule has 3 rings (SSSR count). The van der Waals surface area contributed by atoms with Gasteiger partial charge in [-0.2, -0.15) is 0 Å². The lowest BCUT2D eigenvalue weighted by atomic mass is 10.2. The van der Waals surface area contributed by atoms with Gasteiger partial charge in [-0.3, -0.25) is 9.69 Å². The average Bonchev–Trinajstić information content (AvgIpc) is 3.27. The van der Waals surface area contributed by atoms with Crippen molar-refractivity contribution in [3.63, 3.8) is 0 Å². The van der Waals surface area contributed by atoms with E-state index in [0.29, 0.717) is 18.1 Å². The van der Waals surface area contributed by atoms with Gasteiger partial charge in [0.15, 0.2) is 10.9 Å². The summed E-state index contributed by atoms with van der Waals surface area (Å²) in [6.45, 7) is 6.04. The van der Waals surface area contributed by atoms with Crippen LogP contribution in [0.1, 0.15) is 23.2 Å². The second-order valence-electron chi connectivity index (χ2n) is 6.08. The number of nitrogens with zero attached hydrogens (tertiary/aromatic N) is 3. The molecule has 0 aliphatic carbocycles. The van der Waals surface area contributed by atoms with Crippen LogP contribution in [0.3, 0.4) is 0 Å². The van der Waals surface area contributed by atoms with Crippen LogP contribution in [0.25, 0.3) is 0 Å². The first kappa shape index (κ1) is 18.0. The standard InChI is InChI=1S/C17H24N4O3S/c1-13(21-7-9-23-10-8-21)11-19-16(22)15-4-3-14(24-15)12-25-17-18-5-6-20(17)2/h3-6,13H,7-12H2,1-2H3,(H,19,22)/t13-/m0/s1. The molecule has 1 aliphatic rings. The molecule has 0 spiro atoms. The fraction of sp³-hybridized carbons (Fsp3) is 0.529. The molecule has 7 nitrogen and oxygen atoms in total. The van der Waals surface area contributed by atoms with Crippen molar-refractivity contribution in [3.05, 3.63) is 36.0 Å². The fourth-order valence-corrected chi connectivity index (χ4v) is 3.51. The van der Waals surface area contributed by atoms with E-state index in [9.17, 15) is 4.79 Å². The summed E-state index contributed by atoms with van der Waals surface area (Å²) in [6.07, 6.45) is 3.66. The smallest absolute Gasteiger partial charge is 0.287 e. The number of aromatic nitrogens is 2. The summed E-state index contributed by atoms with van der Waals surface area (Å²) >= 11 is 1.58. The summed E-state index contributed by atoms with van der Waals surface area (Å²) in [7, 11) is 1.95. The van der Waals surface area contributed by atoms with Crippen LogP contribution in [0.4, 0.5) is 0 Å². The van der Waals surface area contributed by atoms with Gasteiger partial charge in [-0.15, -0.1) is 0 Å². The van der Waals surface area contributed by atoms with Crippen LogP contribution >= 0.6 is 11.8 Å². The van der Waals surface area contributed by atoms with E-state index in [1.54, 1.807) is 24.0 Å². The number of furan rings is 1. The number of morpholine rings is 1. The molecule has 1 N–H and O–H groups in total. The molecule has 2 aromatic heterocycles. The Labute approximate surface area is 151 Å². The normalized spacial score (nSPS) is 16.7. The highest BCUT2D eigenvalue weighted by atomic mass is 32.2. The minimum Gasteiger partial charge on any atom is -0.455 e. The van der Waals surface area contributed by atoms with Crippen molar-refractivity contribution in [2.75, 3.05) is 32.8 Å². The Kier molecular flexibility index (Phi) is 6.17. The molecule has 1 fully saturated rings. The number of hydrogen-bond donors (Lipinski definition) is 1. The number of carbonyl (C=O) groups excluding carboxylic acids is 1. The van der Waals surface area contributed by atoms with Gasteiger partial charge in [0.25, 0.3) is 5.91 Å². The van der Waals surface area contributed by atoms with Crippen LogP contribution in [-0.4, -0.2) is 59.2 Å². The van der Waals surface area contributed by atoms with Crippen LogP contribution in [0.15, 0.2) is 34.1 Å². The Balaban J connectivity index is 1.46. The minimum atomic E-state index is -0.173. The minimum absolute atomic E-state index is 0.173. The van der Waals surface area contributed by atoms with Gasteiger partial charge in [-0.1, -0.05) is 11.8 Å². The van der Waals surface area contributed by atoms with E-state index in [4.69, 9.17) is 9.15 Å². The summed E-state index contributed by atoms with van der Waals surface area (Å²) < 4.78 is 13.0. The Morgan fingerprint density at radius 2 is 2.20 bits per heavy atom. The number of imidazole rings is 1. The average molecular weight is 364 g/mol. The van der Waals surface area contributed by atoms with Gasteiger partial charge < -0.3 is 19.0 Å². The molecular formula is C17H24N4O3S. The van der Waals surface area contributed by atoms with E-state index in [1.807, 2.05) is 23.9 Å². The third-order valence-corrected chi connectivity index (χ3v) is 5.31. The Morgan fingerprint density at radius 3 is 2.92 bits per heavy atom. The molecule has 1 amide bonds. The molecule has 2 aromatic rings. The van der Waals surface area contributed by atoms with Crippen molar-refractivity contribution in [1.29, 1.82) is 0 Å². The number of nitrogens with one attached hydrogen (secondary N) is 1. The zero-order valence-electron chi connectivity index (χ0n) is 14.6. The molecule has 1 aliphatic heterocycles. The zero-order chi connectivity index (χ0) is 17.6. The number of hydrogen-bond acceptors (Lipinski definition) is 6. The van der Waals surface area contributed by atoms with Gasteiger partial charge in [0.05, 0.1) is 19.0 Å². The Morgan fingerprint density at radius 1 is 1.40 bits per heavy atom. The maximum absolute atomic E-state index is 12.3. The summed E-state index contributed by atoms with van der Waals surface area (Å²) in [4.78, 5) is 18.8. The van der Waals surface area contributed by atoms with Crippen LogP contribution in [0.5, 0.6) is 0 Å². The predicted molar refractivity (Wildman–Crippen MR) is 95.7 cm³/mol. The van der Waals surface area contributed by atoms with Gasteiger partial charge in [0.2, 0.25) is 0 Å². The lowest BCUT2D eigenvalue weighted by molar-refractivity contribution is 0.0203. The summed E-state index contributed by atoms with van der Waals surface area (Å²) in [5.74, 6) is 1.58. The quantitative estimate of drug-likeness (QED) is 0.755. The van der Waals surface area contributed by atoms with E-state index < -0.39 is 0 Å². The maximum atomic E-state index is 12.3. The molecule has 0 unspecified atom stereocenters. The van der Waals surface area contributed by atoms with Gasteiger partial charge in [-0.25, -0.2) is 4.98 Å². The number of amides is 1. The van der Waals surface area contributed by atoms with Crippen molar-refractivity contribution in [1.82, 2.24) is 19.8 Å². The number of carbonyl (C=O) groups is 1. The number of ether oxygens (including phenoxy) is 1. The van der Waals surface area contributed by atoms with Crippen molar-refractivity contribution in [2.45, 2.75) is 23.9 Å². The van der Waals surface area contributed by atoms with Crippen molar-refractivity contribution in [2.24, 2.45) is 7.05 Å². The SMILES string of the molecule is C[C@@H](CNC(=O)c1ccc(CSc2nccn2C)o1)N1CCOCC1. The van der Waals surface area contributed by atoms with Gasteiger partial charge >= 0.3 is 0 Å². The monoisotopic (exact) mass is 364 g/mol. The van der Waals surface area contributed by atoms with Crippen molar-refractivity contribution >= 4 is 17.7 Å². The number of rotatable bonds is 7. The topological polar surface area (TPSA) is 72.5 Å². The van der Waals surface area contributed by atoms with Gasteiger partial charge in [0, 0.05) is 45.1 Å². The second-order valence-corrected chi connectivity index (χ2v) is 7.03. The molecule has 136 valence electrons. The van der Waals surface area contributed by atoms with Gasteiger partial charge in [-0.05, 0) is 19.1 Å². The highest BCUT2D eigenvalue weighted by molar-refractivity contribution is 7.98. The van der Waals surface area contributed by atoms with Crippen LogP contribution in [0, 0.1) is 0 Å². The number of aryl methyl sites for hydroxylation is 1. The molecule has 0 radical (unpaired) electrons. The summed E-state index contributed by atoms with van der Waals surface area (Å²) in [6, 6.07) is 3.85. The first-order chi connectivity index (χ1) is 12.1. The third kappa shape index (κ3) is 4.87. The molecule has 0 aromatic carbocycles. The molecular weight excluding hydrogens is 340 g/mol. The molecule has 1 saturated heterocycles. The van der Waals surface area contributed by atoms with Crippen molar-refractivity contribution in [3.8, 4) is 0 Å². The Bertz CT molecular complexity index is 694. The van der Waals surface area contributed by atoms with Crippen LogP contribution < -0.4 is 5.32 Å². The van der Waals surface area contributed by atoms with Crippen LogP contribution in [0.2, 0.25) is 0 Å². The van der Waals surface area contributed by atoms with E-state index in [-0.39, 0.29) is 11.9 Å². The molecule has 25 heavy (non-hydrogen) atoms. The zero-order valence-corrected chi connectivity index (χ0v) is 15.4. The summed E-state index contributed by atoms with van der Waals surface area (Å²) in [5.41, 5.74) is 0.